The van der Waals surface area contributed by atoms with Gasteiger partial charge < -0.3 is 18.9 Å². The maximum absolute atomic E-state index is 6.63. The first-order chi connectivity index (χ1) is 57.5. The van der Waals surface area contributed by atoms with Crippen LogP contribution < -0.4 is 18.9 Å². The summed E-state index contributed by atoms with van der Waals surface area (Å²) in [5.41, 5.74) is 14.7. The molecule has 8 heteroatoms. The summed E-state index contributed by atoms with van der Waals surface area (Å²) in [4.78, 5) is 22.1. The summed E-state index contributed by atoms with van der Waals surface area (Å²) in [6.45, 7) is 12.0. The van der Waals surface area contributed by atoms with Crippen molar-refractivity contribution in [2.75, 3.05) is 26.4 Å². The number of nitrogens with zero attached hydrogens (tertiary/aromatic N) is 4. The molecule has 0 unspecified atom stereocenters. The van der Waals surface area contributed by atoms with Gasteiger partial charge in [-0.3, -0.25) is 0 Å². The van der Waals surface area contributed by atoms with Gasteiger partial charge in [0.1, 0.15) is 23.0 Å². The van der Waals surface area contributed by atoms with Crippen LogP contribution in [-0.4, -0.2) is 49.3 Å². The van der Waals surface area contributed by atoms with Crippen molar-refractivity contribution in [2.24, 2.45) is 20.0 Å². The number of ether oxygens (including phenoxy) is 4. The zero-order chi connectivity index (χ0) is 80.6. The van der Waals surface area contributed by atoms with E-state index >= 15 is 0 Å². The quantitative estimate of drug-likeness (QED) is 0.0412. The number of aliphatic imine (C=N–C) groups is 4. The van der Waals surface area contributed by atoms with Gasteiger partial charge in [-0.15, -0.1) is 0 Å². The van der Waals surface area contributed by atoms with Crippen molar-refractivity contribution in [3.8, 4) is 23.0 Å². The summed E-state index contributed by atoms with van der Waals surface area (Å²) < 4.78 is 26.4. The normalized spacial score (nSPS) is 14.3. The molecule has 0 radical (unpaired) electrons. The highest BCUT2D eigenvalue weighted by molar-refractivity contribution is 6.50. The Labute approximate surface area is 707 Å². The molecule has 8 nitrogen and oxygen atoms in total. The Morgan fingerprint density at radius 2 is 0.457 bits per heavy atom. The van der Waals surface area contributed by atoms with Crippen molar-refractivity contribution in [1.82, 2.24) is 0 Å². The van der Waals surface area contributed by atoms with Crippen molar-refractivity contribution in [2.45, 2.75) is 387 Å². The standard InChI is InChI=1S/C108H156N4O4/c1-5-9-13-17-21-25-29-33-37-41-45-49-53-57-81-113-98-73-61-89(62-74-98)102-87-97-86-95-70-69-93(109-95)85-94-71-72-96(110-94)88-103-104(90-63-75-99(76-64-90)114-82-58-54-50-46-42-38-34-30-26-22-18-14-10-6-2)105(91-65-77-100(78-66-91)115-83-59-55-51-47-43-39-35-31-27-23-19-15-11-7-3)108(112-103)106(107(102)111-97)92-67-79-101(80-68-92)116-84-60-56-52-48-44-40-36-32-28-24-20-16-12-8-4/h61-80,85-88H,5-60,81-84H2,1-4H3. The van der Waals surface area contributed by atoms with Crippen LogP contribution in [0, 0.1) is 0 Å². The number of rotatable bonds is 68. The lowest BCUT2D eigenvalue weighted by molar-refractivity contribution is 0.304. The first-order valence-electron chi connectivity index (χ1n) is 48.5. The fourth-order valence-electron chi connectivity index (χ4n) is 17.0. The van der Waals surface area contributed by atoms with Crippen molar-refractivity contribution in [3.05, 3.63) is 191 Å². The average Bonchev–Trinajstić information content (AvgIpc) is 1.58. The van der Waals surface area contributed by atoms with Gasteiger partial charge in [0.15, 0.2) is 0 Å². The predicted octanol–water partition coefficient (Wildman–Crippen LogP) is 33.1. The van der Waals surface area contributed by atoms with Gasteiger partial charge in [0, 0.05) is 22.3 Å². The topological polar surface area (TPSA) is 86.4 Å². The van der Waals surface area contributed by atoms with Gasteiger partial charge >= 0.3 is 0 Å². The van der Waals surface area contributed by atoms with Crippen molar-refractivity contribution in [1.29, 1.82) is 0 Å². The maximum Gasteiger partial charge on any atom is 0.119 e. The molecule has 0 aromatic heterocycles. The van der Waals surface area contributed by atoms with Crippen LogP contribution in [0.1, 0.15) is 410 Å². The highest BCUT2D eigenvalue weighted by Crippen LogP contribution is 2.47. The molecule has 9 rings (SSSR count). The lowest BCUT2D eigenvalue weighted by atomic mass is 9.86. The smallest absolute Gasteiger partial charge is 0.119 e. The minimum absolute atomic E-state index is 0.688. The highest BCUT2D eigenvalue weighted by Gasteiger charge is 2.34. The Hall–Kier alpha value is -7.32. The minimum atomic E-state index is 0.688. The second-order valence-corrected chi connectivity index (χ2v) is 34.3. The Bertz CT molecular complexity index is 3770. The predicted molar refractivity (Wildman–Crippen MR) is 503 cm³/mol. The fraction of sp³-hybridized carbons (Fsp3) is 0.593. The third kappa shape index (κ3) is 35.7. The minimum Gasteiger partial charge on any atom is -0.494 e. The van der Waals surface area contributed by atoms with Crippen LogP contribution in [0.3, 0.4) is 0 Å². The molecule has 4 aromatic carbocycles. The van der Waals surface area contributed by atoms with Crippen LogP contribution in [0.15, 0.2) is 188 Å². The van der Waals surface area contributed by atoms with E-state index in [-0.39, 0.29) is 0 Å². The van der Waals surface area contributed by atoms with E-state index in [9.17, 15) is 0 Å². The monoisotopic (exact) mass is 1570 g/mol. The molecule has 5 heterocycles. The van der Waals surface area contributed by atoms with Crippen LogP contribution in [0.5, 0.6) is 23.0 Å². The van der Waals surface area contributed by atoms with E-state index in [0.717, 1.165) is 139 Å². The molecule has 632 valence electrons. The summed E-state index contributed by atoms with van der Waals surface area (Å²) in [6, 6.07) is 35.1. The van der Waals surface area contributed by atoms with Gasteiger partial charge in [-0.25, -0.2) is 20.0 Å². The largest absolute Gasteiger partial charge is 0.494 e. The Kier molecular flexibility index (Phi) is 46.7. The van der Waals surface area contributed by atoms with E-state index in [1.54, 1.807) is 0 Å². The molecule has 0 spiro atoms. The molecule has 0 atom stereocenters. The SMILES string of the molecule is CCCCCCCCCCCCCCCCOc1ccc(C2=CC3=CC4=NC(=CC5=NC(=CC6=NC(=C(c7ccc(OCCCCCCCCCCCCCCCC)cc7)C2=N3)C(c2ccc(OCCCCCCCCCCCCCCCC)cc2)=C6c2ccc(OCCCCCCCCCCCCCCCC)cc2)C=C5)C=C4)cc1. The lowest BCUT2D eigenvalue weighted by Gasteiger charge is -2.18. The molecule has 0 N–H and O–H groups in total. The summed E-state index contributed by atoms with van der Waals surface area (Å²) in [5.74, 6) is 3.50. The molecule has 8 bridgehead atoms. The average molecular weight is 1570 g/mol. The van der Waals surface area contributed by atoms with Gasteiger partial charge in [-0.05, 0) is 145 Å². The molecular weight excluding hydrogens is 1420 g/mol. The van der Waals surface area contributed by atoms with E-state index in [1.807, 2.05) is 0 Å². The highest BCUT2D eigenvalue weighted by atomic mass is 16.5. The molecule has 0 amide bonds. The van der Waals surface area contributed by atoms with Crippen molar-refractivity contribution < 1.29 is 18.9 Å². The van der Waals surface area contributed by atoms with Gasteiger partial charge in [-0.1, -0.05) is 410 Å². The molecule has 4 aromatic rings. The van der Waals surface area contributed by atoms with Gasteiger partial charge in [0.2, 0.25) is 0 Å². The number of benzene rings is 4. The van der Waals surface area contributed by atoms with Crippen LogP contribution in [-0.2, 0) is 0 Å². The first-order valence-corrected chi connectivity index (χ1v) is 48.5. The van der Waals surface area contributed by atoms with Crippen molar-refractivity contribution in [3.63, 3.8) is 0 Å². The molecule has 5 aliphatic heterocycles. The first kappa shape index (κ1) is 92.6. The lowest BCUT2D eigenvalue weighted by Crippen LogP contribution is -2.07. The second-order valence-electron chi connectivity index (χ2n) is 34.3. The van der Waals surface area contributed by atoms with Gasteiger partial charge in [0.25, 0.3) is 0 Å². The number of fused-ring (bicyclic) bond motifs is 4. The third-order valence-corrected chi connectivity index (χ3v) is 24.1. The molecule has 0 saturated carbocycles. The number of hydrogen-bond donors (Lipinski definition) is 0. The number of unbranched alkanes of at least 4 members (excludes halogenated alkanes) is 52. The zero-order valence-electron chi connectivity index (χ0n) is 73.7. The second kappa shape index (κ2) is 58.5. The van der Waals surface area contributed by atoms with E-state index in [2.05, 4.69) is 173 Å². The summed E-state index contributed by atoms with van der Waals surface area (Å²) in [6.07, 6.45) is 91.5. The van der Waals surface area contributed by atoms with E-state index in [0.29, 0.717) is 26.4 Å². The van der Waals surface area contributed by atoms with Crippen LogP contribution >= 0.6 is 0 Å². The summed E-state index contributed by atoms with van der Waals surface area (Å²) in [7, 11) is 0. The van der Waals surface area contributed by atoms with Crippen LogP contribution in [0.25, 0.3) is 22.3 Å². The van der Waals surface area contributed by atoms with E-state index in [4.69, 9.17) is 38.9 Å². The van der Waals surface area contributed by atoms with Crippen molar-refractivity contribution >= 4 is 45.1 Å². The van der Waals surface area contributed by atoms with E-state index in [1.165, 1.54) is 334 Å². The van der Waals surface area contributed by atoms with Gasteiger partial charge in [-0.2, -0.15) is 0 Å². The zero-order valence-corrected chi connectivity index (χ0v) is 73.7. The Morgan fingerprint density at radius 1 is 0.207 bits per heavy atom. The third-order valence-electron chi connectivity index (χ3n) is 24.1. The van der Waals surface area contributed by atoms with E-state index < -0.39 is 0 Å². The number of allylic oxidation sites excluding steroid dienone is 12. The van der Waals surface area contributed by atoms with Crippen LogP contribution in [0.4, 0.5) is 0 Å². The molecule has 0 aliphatic carbocycles. The van der Waals surface area contributed by atoms with Crippen LogP contribution in [0.2, 0.25) is 0 Å². The molecule has 0 fully saturated rings. The fourth-order valence-corrected chi connectivity index (χ4v) is 17.0. The Morgan fingerprint density at radius 3 is 0.759 bits per heavy atom. The molecule has 5 aliphatic rings. The molecule has 0 saturated heterocycles. The molecular formula is C108H156N4O4. The summed E-state index contributed by atoms with van der Waals surface area (Å²) in [5, 5.41) is 0. The molecule has 116 heavy (non-hydrogen) atoms. The summed E-state index contributed by atoms with van der Waals surface area (Å²) >= 11 is 0. The maximum atomic E-state index is 6.63. The van der Waals surface area contributed by atoms with Gasteiger partial charge in [0.05, 0.1) is 72.1 Å². The number of hydrogen-bond acceptors (Lipinski definition) is 8. The Balaban J connectivity index is 0.982.